The molecule has 4 rings (SSSR count). The maximum absolute atomic E-state index is 13.2. The van der Waals surface area contributed by atoms with Crippen LogP contribution in [0.15, 0.2) is 54.6 Å². The molecule has 0 radical (unpaired) electrons. The third kappa shape index (κ3) is 4.04. The van der Waals surface area contributed by atoms with Crippen LogP contribution >= 0.6 is 11.5 Å². The Balaban J connectivity index is 1.42. The maximum atomic E-state index is 13.2. The number of halogens is 1. The molecule has 27 heavy (non-hydrogen) atoms. The Bertz CT molecular complexity index is 905. The van der Waals surface area contributed by atoms with Gasteiger partial charge in [0.05, 0.1) is 0 Å². The maximum Gasteiger partial charge on any atom is 0.267 e. The number of hydrogen-bond donors (Lipinski definition) is 0. The summed E-state index contributed by atoms with van der Waals surface area (Å²) in [5.74, 6) is -0.368. The number of aromatic nitrogens is 2. The van der Waals surface area contributed by atoms with E-state index in [1.54, 1.807) is 12.1 Å². The zero-order valence-corrected chi connectivity index (χ0v) is 15.5. The third-order valence-corrected chi connectivity index (χ3v) is 5.42. The van der Waals surface area contributed by atoms with Gasteiger partial charge in [-0.05, 0) is 41.4 Å². The fourth-order valence-electron chi connectivity index (χ4n) is 3.22. The molecule has 3 aromatic rings. The summed E-state index contributed by atoms with van der Waals surface area (Å²) in [6.07, 6.45) is 0. The average molecular weight is 382 g/mol. The molecule has 1 fully saturated rings. The molecule has 0 saturated carbocycles. The van der Waals surface area contributed by atoms with Gasteiger partial charge in [-0.3, -0.25) is 9.69 Å². The van der Waals surface area contributed by atoms with Gasteiger partial charge in [0.1, 0.15) is 16.4 Å². The van der Waals surface area contributed by atoms with E-state index in [0.29, 0.717) is 29.2 Å². The first-order valence-corrected chi connectivity index (χ1v) is 9.62. The summed E-state index contributed by atoms with van der Waals surface area (Å²) in [7, 11) is 0. The van der Waals surface area contributed by atoms with Gasteiger partial charge in [-0.15, -0.1) is 5.10 Å². The SMILES string of the molecule is O=C(c1snnc1-c1ccc(F)cc1)N1CCN(Cc2ccccc2)CC1. The molecule has 0 N–H and O–H groups in total. The number of hydrogen-bond acceptors (Lipinski definition) is 5. The Hall–Kier alpha value is -2.64. The smallest absolute Gasteiger partial charge is 0.267 e. The number of amides is 1. The molecule has 0 bridgehead atoms. The number of carbonyl (C=O) groups is 1. The summed E-state index contributed by atoms with van der Waals surface area (Å²) in [6, 6.07) is 16.3. The predicted molar refractivity (Wildman–Crippen MR) is 103 cm³/mol. The quantitative estimate of drug-likeness (QED) is 0.695. The summed E-state index contributed by atoms with van der Waals surface area (Å²) < 4.78 is 17.1. The second kappa shape index (κ2) is 7.94. The topological polar surface area (TPSA) is 49.3 Å². The van der Waals surface area contributed by atoms with Gasteiger partial charge in [0, 0.05) is 38.3 Å². The van der Waals surface area contributed by atoms with Gasteiger partial charge in [0.15, 0.2) is 0 Å². The molecular weight excluding hydrogens is 363 g/mol. The minimum atomic E-state index is -0.315. The molecule has 1 aromatic heterocycles. The Morgan fingerprint density at radius 2 is 1.70 bits per heavy atom. The van der Waals surface area contributed by atoms with Gasteiger partial charge >= 0.3 is 0 Å². The summed E-state index contributed by atoms with van der Waals surface area (Å²) in [6.45, 7) is 3.90. The first-order chi connectivity index (χ1) is 13.2. The number of nitrogens with zero attached hydrogens (tertiary/aromatic N) is 4. The van der Waals surface area contributed by atoms with Gasteiger partial charge in [0.25, 0.3) is 5.91 Å². The van der Waals surface area contributed by atoms with E-state index < -0.39 is 0 Å². The van der Waals surface area contributed by atoms with Crippen molar-refractivity contribution >= 4 is 17.4 Å². The van der Waals surface area contributed by atoms with E-state index in [0.717, 1.165) is 31.2 Å². The molecule has 5 nitrogen and oxygen atoms in total. The summed E-state index contributed by atoms with van der Waals surface area (Å²) in [4.78, 5) is 17.7. The van der Waals surface area contributed by atoms with Crippen LogP contribution < -0.4 is 0 Å². The molecule has 138 valence electrons. The lowest BCUT2D eigenvalue weighted by atomic mass is 10.1. The molecule has 1 aliphatic rings. The van der Waals surface area contributed by atoms with Crippen LogP contribution in [0.5, 0.6) is 0 Å². The molecule has 0 spiro atoms. The van der Waals surface area contributed by atoms with Crippen molar-refractivity contribution in [3.8, 4) is 11.3 Å². The third-order valence-electron chi connectivity index (χ3n) is 4.71. The van der Waals surface area contributed by atoms with Crippen LogP contribution in [0.3, 0.4) is 0 Å². The van der Waals surface area contributed by atoms with Crippen LogP contribution in [0.4, 0.5) is 4.39 Å². The van der Waals surface area contributed by atoms with Crippen molar-refractivity contribution in [2.24, 2.45) is 0 Å². The monoisotopic (exact) mass is 382 g/mol. The van der Waals surface area contributed by atoms with E-state index in [4.69, 9.17) is 0 Å². The summed E-state index contributed by atoms with van der Waals surface area (Å²) >= 11 is 1.09. The molecule has 1 saturated heterocycles. The van der Waals surface area contributed by atoms with Crippen molar-refractivity contribution in [2.45, 2.75) is 6.54 Å². The van der Waals surface area contributed by atoms with Crippen molar-refractivity contribution < 1.29 is 9.18 Å². The summed E-state index contributed by atoms with van der Waals surface area (Å²) in [5.41, 5.74) is 2.51. The molecule has 7 heteroatoms. The lowest BCUT2D eigenvalue weighted by molar-refractivity contribution is 0.0633. The largest absolute Gasteiger partial charge is 0.335 e. The molecule has 0 atom stereocenters. The van der Waals surface area contributed by atoms with Crippen LogP contribution in [-0.4, -0.2) is 51.5 Å². The van der Waals surface area contributed by atoms with Gasteiger partial charge < -0.3 is 4.90 Å². The van der Waals surface area contributed by atoms with Crippen LogP contribution in [0.2, 0.25) is 0 Å². The van der Waals surface area contributed by atoms with E-state index in [1.165, 1.54) is 17.7 Å². The van der Waals surface area contributed by atoms with Crippen molar-refractivity contribution in [2.75, 3.05) is 26.2 Å². The summed E-state index contributed by atoms with van der Waals surface area (Å²) in [5, 5.41) is 4.09. The Kier molecular flexibility index (Phi) is 5.22. The number of carbonyl (C=O) groups excluding carboxylic acids is 1. The molecule has 2 aromatic carbocycles. The number of piperazine rings is 1. The highest BCUT2D eigenvalue weighted by Crippen LogP contribution is 2.26. The second-order valence-electron chi connectivity index (χ2n) is 6.51. The van der Waals surface area contributed by atoms with E-state index in [9.17, 15) is 9.18 Å². The Morgan fingerprint density at radius 3 is 2.41 bits per heavy atom. The molecule has 0 unspecified atom stereocenters. The lowest BCUT2D eigenvalue weighted by Gasteiger charge is -2.34. The molecule has 1 aliphatic heterocycles. The highest BCUT2D eigenvalue weighted by molar-refractivity contribution is 7.08. The molecule has 2 heterocycles. The zero-order valence-electron chi connectivity index (χ0n) is 14.7. The van der Waals surface area contributed by atoms with E-state index in [-0.39, 0.29) is 11.7 Å². The van der Waals surface area contributed by atoms with Gasteiger partial charge in [-0.25, -0.2) is 4.39 Å². The Morgan fingerprint density at radius 1 is 1.00 bits per heavy atom. The zero-order chi connectivity index (χ0) is 18.6. The van der Waals surface area contributed by atoms with E-state index in [2.05, 4.69) is 26.6 Å². The van der Waals surface area contributed by atoms with E-state index >= 15 is 0 Å². The van der Waals surface area contributed by atoms with Crippen LogP contribution in [0.1, 0.15) is 15.2 Å². The molecule has 1 amide bonds. The first kappa shape index (κ1) is 17.8. The molecule has 0 aliphatic carbocycles. The van der Waals surface area contributed by atoms with Crippen LogP contribution in [-0.2, 0) is 6.54 Å². The molecular formula is C20H19FN4OS. The second-order valence-corrected chi connectivity index (χ2v) is 7.27. The highest BCUT2D eigenvalue weighted by atomic mass is 32.1. The van der Waals surface area contributed by atoms with Gasteiger partial charge in [-0.2, -0.15) is 0 Å². The standard InChI is InChI=1S/C20H19FN4OS/c21-17-8-6-16(7-9-17)18-19(27-23-22-18)20(26)25-12-10-24(11-13-25)14-15-4-2-1-3-5-15/h1-9H,10-14H2. The van der Waals surface area contributed by atoms with Gasteiger partial charge in [-0.1, -0.05) is 34.8 Å². The van der Waals surface area contributed by atoms with Crippen molar-refractivity contribution in [3.63, 3.8) is 0 Å². The average Bonchev–Trinajstić information content (AvgIpc) is 3.19. The first-order valence-electron chi connectivity index (χ1n) is 8.84. The highest BCUT2D eigenvalue weighted by Gasteiger charge is 2.26. The fraction of sp³-hybridized carbons (Fsp3) is 0.250. The van der Waals surface area contributed by atoms with Crippen molar-refractivity contribution in [1.29, 1.82) is 0 Å². The minimum Gasteiger partial charge on any atom is -0.335 e. The normalized spacial score (nSPS) is 15.1. The lowest BCUT2D eigenvalue weighted by Crippen LogP contribution is -2.48. The van der Waals surface area contributed by atoms with E-state index in [1.807, 2.05) is 23.1 Å². The number of rotatable bonds is 4. The fourth-order valence-corrected chi connectivity index (χ4v) is 3.88. The van der Waals surface area contributed by atoms with Crippen molar-refractivity contribution in [3.05, 3.63) is 70.9 Å². The van der Waals surface area contributed by atoms with Crippen LogP contribution in [0, 0.1) is 5.82 Å². The van der Waals surface area contributed by atoms with Crippen molar-refractivity contribution in [1.82, 2.24) is 19.4 Å². The van der Waals surface area contributed by atoms with Crippen LogP contribution in [0.25, 0.3) is 11.3 Å². The van der Waals surface area contributed by atoms with Gasteiger partial charge in [0.2, 0.25) is 0 Å². The Labute approximate surface area is 161 Å². The number of benzene rings is 2. The minimum absolute atomic E-state index is 0.0521. The predicted octanol–water partition coefficient (Wildman–Crippen LogP) is 3.30.